The summed E-state index contributed by atoms with van der Waals surface area (Å²) in [5, 5.41) is 3.34. The van der Waals surface area contributed by atoms with E-state index in [0.29, 0.717) is 17.8 Å². The quantitative estimate of drug-likeness (QED) is 0.762. The predicted octanol–water partition coefficient (Wildman–Crippen LogP) is 3.03. The molecule has 3 aromatic heterocycles. The Morgan fingerprint density at radius 2 is 1.85 bits per heavy atom. The Morgan fingerprint density at radius 1 is 1.08 bits per heavy atom. The molecule has 0 bridgehead atoms. The van der Waals surface area contributed by atoms with Crippen molar-refractivity contribution >= 4 is 16.6 Å². The molecule has 1 saturated heterocycles. The van der Waals surface area contributed by atoms with E-state index in [1.807, 2.05) is 18.2 Å². The number of halogens is 3. The fraction of sp³-hybridized carbons (Fsp3) is 0.278. The number of alkyl halides is 3. The number of nitrogens with one attached hydrogen (secondary N) is 1. The molecular formula is C18H16F3N5. The molecule has 1 aliphatic heterocycles. The van der Waals surface area contributed by atoms with Crippen molar-refractivity contribution in [3.05, 3.63) is 49.1 Å². The minimum atomic E-state index is -4.28. The first-order valence-corrected chi connectivity index (χ1v) is 8.22. The number of anilines is 1. The van der Waals surface area contributed by atoms with Gasteiger partial charge in [0.05, 0.1) is 17.4 Å². The molecule has 134 valence electrons. The molecule has 4 rings (SSSR count). The van der Waals surface area contributed by atoms with Crippen molar-refractivity contribution in [3.8, 4) is 11.3 Å². The van der Waals surface area contributed by atoms with Crippen LogP contribution < -0.4 is 10.2 Å². The number of pyridine rings is 3. The fourth-order valence-electron chi connectivity index (χ4n) is 3.18. The van der Waals surface area contributed by atoms with Gasteiger partial charge in [-0.2, -0.15) is 13.2 Å². The first kappa shape index (κ1) is 16.7. The SMILES string of the molecule is FC(F)(F)[C@H]1CN(c2cc(-c3ccncc3)nc3cnccc23)CCN1. The van der Waals surface area contributed by atoms with Gasteiger partial charge in [0.15, 0.2) is 0 Å². The van der Waals surface area contributed by atoms with E-state index in [1.54, 1.807) is 35.8 Å². The number of aromatic nitrogens is 3. The molecule has 0 saturated carbocycles. The molecule has 0 radical (unpaired) electrons. The first-order chi connectivity index (χ1) is 12.5. The first-order valence-electron chi connectivity index (χ1n) is 8.22. The van der Waals surface area contributed by atoms with Crippen LogP contribution in [0.25, 0.3) is 22.2 Å². The van der Waals surface area contributed by atoms with Gasteiger partial charge in [0.1, 0.15) is 6.04 Å². The predicted molar refractivity (Wildman–Crippen MR) is 92.8 cm³/mol. The van der Waals surface area contributed by atoms with Gasteiger partial charge in [-0.05, 0) is 24.3 Å². The van der Waals surface area contributed by atoms with Gasteiger partial charge in [-0.1, -0.05) is 0 Å². The van der Waals surface area contributed by atoms with Crippen LogP contribution >= 0.6 is 0 Å². The van der Waals surface area contributed by atoms with Crippen LogP contribution in [0.3, 0.4) is 0 Å². The third kappa shape index (κ3) is 3.20. The van der Waals surface area contributed by atoms with Crippen LogP contribution in [0.15, 0.2) is 49.1 Å². The average Bonchev–Trinajstić information content (AvgIpc) is 2.67. The number of hydrogen-bond acceptors (Lipinski definition) is 5. The van der Waals surface area contributed by atoms with E-state index in [1.165, 1.54) is 0 Å². The lowest BCUT2D eigenvalue weighted by atomic mass is 10.1. The Hall–Kier alpha value is -2.74. The summed E-state index contributed by atoms with van der Waals surface area (Å²) in [6.07, 6.45) is 2.30. The molecule has 1 fully saturated rings. The van der Waals surface area contributed by atoms with E-state index in [9.17, 15) is 13.2 Å². The Kier molecular flexibility index (Phi) is 4.20. The van der Waals surface area contributed by atoms with E-state index in [2.05, 4.69) is 20.3 Å². The minimum Gasteiger partial charge on any atom is -0.368 e. The van der Waals surface area contributed by atoms with Crippen molar-refractivity contribution in [1.82, 2.24) is 20.3 Å². The number of piperazine rings is 1. The molecule has 1 atom stereocenters. The second-order valence-corrected chi connectivity index (χ2v) is 6.15. The van der Waals surface area contributed by atoms with Crippen LogP contribution in [0, 0.1) is 0 Å². The van der Waals surface area contributed by atoms with Crippen LogP contribution in [0.5, 0.6) is 0 Å². The van der Waals surface area contributed by atoms with E-state index >= 15 is 0 Å². The summed E-state index contributed by atoms with van der Waals surface area (Å²) in [6, 6.07) is 5.73. The van der Waals surface area contributed by atoms with Crippen molar-refractivity contribution in [2.45, 2.75) is 12.2 Å². The lowest BCUT2D eigenvalue weighted by Crippen LogP contribution is -2.57. The molecule has 4 heterocycles. The molecule has 0 amide bonds. The van der Waals surface area contributed by atoms with Gasteiger partial charge < -0.3 is 10.2 Å². The maximum Gasteiger partial charge on any atom is 0.405 e. The Balaban J connectivity index is 1.81. The highest BCUT2D eigenvalue weighted by Crippen LogP contribution is 2.32. The second kappa shape index (κ2) is 6.53. The van der Waals surface area contributed by atoms with Crippen LogP contribution in [0.2, 0.25) is 0 Å². The van der Waals surface area contributed by atoms with E-state index in [-0.39, 0.29) is 13.1 Å². The highest BCUT2D eigenvalue weighted by Gasteiger charge is 2.42. The molecule has 1 aliphatic rings. The Labute approximate surface area is 147 Å². The highest BCUT2D eigenvalue weighted by molar-refractivity contribution is 5.93. The van der Waals surface area contributed by atoms with Crippen LogP contribution in [0.1, 0.15) is 0 Å². The maximum absolute atomic E-state index is 13.2. The van der Waals surface area contributed by atoms with Gasteiger partial charge in [0.25, 0.3) is 0 Å². The van der Waals surface area contributed by atoms with Gasteiger partial charge in [0.2, 0.25) is 0 Å². The number of rotatable bonds is 2. The van der Waals surface area contributed by atoms with Gasteiger partial charge >= 0.3 is 6.18 Å². The van der Waals surface area contributed by atoms with E-state index < -0.39 is 12.2 Å². The molecule has 0 aromatic carbocycles. The summed E-state index contributed by atoms with van der Waals surface area (Å²) in [4.78, 5) is 14.5. The topological polar surface area (TPSA) is 53.9 Å². The van der Waals surface area contributed by atoms with Crippen LogP contribution in [0.4, 0.5) is 18.9 Å². The van der Waals surface area contributed by atoms with Crippen molar-refractivity contribution in [1.29, 1.82) is 0 Å². The smallest absolute Gasteiger partial charge is 0.368 e. The summed E-state index contributed by atoms with van der Waals surface area (Å²) in [6.45, 7) is 0.619. The zero-order valence-electron chi connectivity index (χ0n) is 13.7. The molecule has 26 heavy (non-hydrogen) atoms. The standard InChI is InChI=1S/C18H16F3N5/c19-18(20,21)17-11-26(8-7-24-17)16-9-14(12-1-4-22-5-2-12)25-15-10-23-6-3-13(15)16/h1-6,9-10,17,24H,7-8,11H2/t17-/m1/s1. The highest BCUT2D eigenvalue weighted by atomic mass is 19.4. The molecule has 5 nitrogen and oxygen atoms in total. The van der Waals surface area contributed by atoms with Crippen LogP contribution in [-0.4, -0.2) is 46.8 Å². The molecule has 0 spiro atoms. The number of hydrogen-bond donors (Lipinski definition) is 1. The molecule has 0 unspecified atom stereocenters. The third-order valence-corrected chi connectivity index (χ3v) is 4.48. The third-order valence-electron chi connectivity index (χ3n) is 4.48. The summed E-state index contributed by atoms with van der Waals surface area (Å²) in [7, 11) is 0. The largest absolute Gasteiger partial charge is 0.405 e. The van der Waals surface area contributed by atoms with Crippen molar-refractivity contribution < 1.29 is 13.2 Å². The Bertz CT molecular complexity index is 914. The van der Waals surface area contributed by atoms with Crippen molar-refractivity contribution in [3.63, 3.8) is 0 Å². The van der Waals surface area contributed by atoms with E-state index in [4.69, 9.17) is 0 Å². The number of nitrogens with zero attached hydrogens (tertiary/aromatic N) is 4. The summed E-state index contributed by atoms with van der Waals surface area (Å²) < 4.78 is 39.5. The summed E-state index contributed by atoms with van der Waals surface area (Å²) in [5.74, 6) is 0. The van der Waals surface area contributed by atoms with Gasteiger partial charge in [-0.15, -0.1) is 0 Å². The normalized spacial score (nSPS) is 18.3. The maximum atomic E-state index is 13.2. The molecule has 8 heteroatoms. The Morgan fingerprint density at radius 3 is 2.62 bits per heavy atom. The minimum absolute atomic E-state index is 0.138. The molecule has 1 N–H and O–H groups in total. The molecular weight excluding hydrogens is 343 g/mol. The second-order valence-electron chi connectivity index (χ2n) is 6.15. The molecule has 3 aromatic rings. The molecule has 0 aliphatic carbocycles. The lowest BCUT2D eigenvalue weighted by molar-refractivity contribution is -0.155. The summed E-state index contributed by atoms with van der Waals surface area (Å²) in [5.41, 5.74) is 2.93. The van der Waals surface area contributed by atoms with Crippen LogP contribution in [-0.2, 0) is 0 Å². The zero-order chi connectivity index (χ0) is 18.1. The average molecular weight is 359 g/mol. The van der Waals surface area contributed by atoms with Crippen molar-refractivity contribution in [2.24, 2.45) is 0 Å². The zero-order valence-corrected chi connectivity index (χ0v) is 13.7. The van der Waals surface area contributed by atoms with Gasteiger partial charge in [0, 0.05) is 54.9 Å². The van der Waals surface area contributed by atoms with Gasteiger partial charge in [-0.3, -0.25) is 9.97 Å². The number of fused-ring (bicyclic) bond motifs is 1. The van der Waals surface area contributed by atoms with Crippen molar-refractivity contribution in [2.75, 3.05) is 24.5 Å². The van der Waals surface area contributed by atoms with E-state index in [0.717, 1.165) is 16.6 Å². The lowest BCUT2D eigenvalue weighted by Gasteiger charge is -2.36. The van der Waals surface area contributed by atoms with Gasteiger partial charge in [-0.25, -0.2) is 4.98 Å². The summed E-state index contributed by atoms with van der Waals surface area (Å²) >= 11 is 0. The fourth-order valence-corrected chi connectivity index (χ4v) is 3.18. The monoisotopic (exact) mass is 359 g/mol.